The molecule has 0 radical (unpaired) electrons. The summed E-state index contributed by atoms with van der Waals surface area (Å²) in [5.74, 6) is -0.382. The third-order valence-corrected chi connectivity index (χ3v) is 15.4. The topological polar surface area (TPSA) is 0 Å². The van der Waals surface area contributed by atoms with Gasteiger partial charge in [0, 0.05) is 28.6 Å². The van der Waals surface area contributed by atoms with E-state index in [2.05, 4.69) is 83.6 Å². The van der Waals surface area contributed by atoms with Crippen LogP contribution in [0.25, 0.3) is 71.7 Å². The van der Waals surface area contributed by atoms with Gasteiger partial charge in [-0.2, -0.15) is 0 Å². The molecule has 0 saturated heterocycles. The zero-order chi connectivity index (χ0) is 27.7. The molecule has 0 aliphatic carbocycles. The summed E-state index contributed by atoms with van der Waals surface area (Å²) in [7, 11) is 0. The van der Waals surface area contributed by atoms with Crippen LogP contribution in [0.2, 0.25) is 0 Å². The second kappa shape index (κ2) is 8.91. The van der Waals surface area contributed by atoms with Crippen molar-refractivity contribution in [3.63, 3.8) is 0 Å². The van der Waals surface area contributed by atoms with Crippen LogP contribution in [0.1, 0.15) is 9.75 Å². The van der Waals surface area contributed by atoms with Gasteiger partial charge in [-0.05, 0) is 127 Å². The number of thiophene rings is 4. The molecule has 0 spiro atoms. The summed E-state index contributed by atoms with van der Waals surface area (Å²) in [6.07, 6.45) is 0. The van der Waals surface area contributed by atoms with Gasteiger partial charge in [0.1, 0.15) is 11.7 Å². The van der Waals surface area contributed by atoms with Gasteiger partial charge in [0.25, 0.3) is 0 Å². The number of benzene rings is 4. The van der Waals surface area contributed by atoms with E-state index < -0.39 is 10.5 Å². The van der Waals surface area contributed by atoms with Gasteiger partial charge in [0.05, 0.1) is 20.3 Å². The van der Waals surface area contributed by atoms with Gasteiger partial charge in [-0.1, -0.05) is 0 Å². The summed E-state index contributed by atoms with van der Waals surface area (Å²) < 4.78 is 36.8. The van der Waals surface area contributed by atoms with Crippen molar-refractivity contribution in [1.82, 2.24) is 0 Å². The lowest BCUT2D eigenvalue weighted by Gasteiger charge is -2.05. The number of fused-ring (bicyclic) bond motifs is 7. The van der Waals surface area contributed by atoms with Gasteiger partial charge in [0.2, 0.25) is 0 Å². The third-order valence-electron chi connectivity index (χ3n) is 8.24. The molecule has 10 rings (SSSR count). The Kier molecular flexibility index (Phi) is 5.24. The molecule has 0 saturated carbocycles. The highest BCUT2D eigenvalue weighted by Gasteiger charge is 2.47. The molecule has 2 aliphatic rings. The Morgan fingerprint density at radius 3 is 1.29 bits per heavy atom. The molecule has 6 heterocycles. The van der Waals surface area contributed by atoms with Crippen molar-refractivity contribution in [3.05, 3.63) is 105 Å². The lowest BCUT2D eigenvalue weighted by atomic mass is 10.1. The van der Waals surface area contributed by atoms with E-state index in [1.54, 1.807) is 45.3 Å². The lowest BCUT2D eigenvalue weighted by Crippen LogP contribution is -2.10. The maximum atomic E-state index is 16.0. The molecule has 4 aromatic carbocycles. The molecule has 4 aromatic heterocycles. The first-order valence-electron chi connectivity index (χ1n) is 13.4. The average molecular weight is 655 g/mol. The molecule has 0 nitrogen and oxygen atoms in total. The summed E-state index contributed by atoms with van der Waals surface area (Å²) in [6.45, 7) is 0. The zero-order valence-electron chi connectivity index (χ0n) is 21.4. The molecule has 42 heavy (non-hydrogen) atoms. The Balaban J connectivity index is 0.996. The van der Waals surface area contributed by atoms with Gasteiger partial charge in [-0.3, -0.25) is 0 Å². The largest absolute Gasteiger partial charge is 0.209 e. The monoisotopic (exact) mass is 654 g/mol. The number of halogens is 2. The van der Waals surface area contributed by atoms with Crippen LogP contribution in [0, 0.1) is 0 Å². The van der Waals surface area contributed by atoms with Crippen molar-refractivity contribution in [2.45, 2.75) is 10.5 Å². The van der Waals surface area contributed by atoms with Gasteiger partial charge in [-0.15, -0.1) is 68.9 Å². The Bertz CT molecular complexity index is 2210. The zero-order valence-corrected chi connectivity index (χ0v) is 26.3. The van der Waals surface area contributed by atoms with E-state index in [1.807, 2.05) is 0 Å². The quantitative estimate of drug-likeness (QED) is 0.182. The molecule has 8 heteroatoms. The van der Waals surface area contributed by atoms with Crippen LogP contribution in [0.3, 0.4) is 0 Å². The first-order chi connectivity index (χ1) is 20.6. The van der Waals surface area contributed by atoms with Crippen molar-refractivity contribution in [2.75, 3.05) is 0 Å². The summed E-state index contributed by atoms with van der Waals surface area (Å²) >= 11 is 9.40. The highest BCUT2D eigenvalue weighted by atomic mass is 32.2. The molecule has 8 aromatic rings. The normalized spacial score (nSPS) is 19.3. The Morgan fingerprint density at radius 1 is 0.429 bits per heavy atom. The lowest BCUT2D eigenvalue weighted by molar-refractivity contribution is 0.571. The SMILES string of the molecule is FC1=C(c2cc3cc4cc5sccc5cc4cc3s2)SC2C(F)=C(c3cc4cc5cc6sccc6cc5cc4s3)SC12. The molecule has 0 fully saturated rings. The van der Waals surface area contributed by atoms with Crippen LogP contribution in [0.4, 0.5) is 8.78 Å². The van der Waals surface area contributed by atoms with E-state index in [-0.39, 0.29) is 11.7 Å². The minimum atomic E-state index is -0.521. The van der Waals surface area contributed by atoms with Crippen LogP contribution in [-0.2, 0) is 0 Å². The fourth-order valence-electron chi connectivity index (χ4n) is 6.19. The number of hydrogen-bond donors (Lipinski definition) is 0. The molecular weight excluding hydrogens is 639 g/mol. The molecule has 0 N–H and O–H groups in total. The van der Waals surface area contributed by atoms with E-state index in [0.717, 1.165) is 29.9 Å². The molecule has 0 amide bonds. The van der Waals surface area contributed by atoms with E-state index in [9.17, 15) is 0 Å². The highest BCUT2D eigenvalue weighted by molar-refractivity contribution is 8.14. The smallest absolute Gasteiger partial charge is 0.130 e. The maximum absolute atomic E-state index is 16.0. The van der Waals surface area contributed by atoms with Crippen molar-refractivity contribution in [2.24, 2.45) is 0 Å². The number of rotatable bonds is 2. The fraction of sp³-hybridized carbons (Fsp3) is 0.0588. The molecule has 2 unspecified atom stereocenters. The summed E-state index contributed by atoms with van der Waals surface area (Å²) in [5.41, 5.74) is 0. The predicted octanol–water partition coefficient (Wildman–Crippen LogP) is 13.1. The van der Waals surface area contributed by atoms with E-state index in [0.29, 0.717) is 9.81 Å². The first kappa shape index (κ1) is 24.7. The first-order valence-corrected chi connectivity index (χ1v) is 18.5. The van der Waals surface area contributed by atoms with Gasteiger partial charge >= 0.3 is 0 Å². The minimum absolute atomic E-state index is 0.191. The molecule has 0 bridgehead atoms. The second-order valence-electron chi connectivity index (χ2n) is 10.7. The average Bonchev–Trinajstić information content (AvgIpc) is 3.82. The Labute approximate surface area is 263 Å². The second-order valence-corrected chi connectivity index (χ2v) is 17.1. The Hall–Kier alpha value is -2.72. The van der Waals surface area contributed by atoms with E-state index in [1.165, 1.54) is 65.2 Å². The van der Waals surface area contributed by atoms with Gasteiger partial charge in [-0.25, -0.2) is 8.78 Å². The van der Waals surface area contributed by atoms with Crippen molar-refractivity contribution < 1.29 is 8.78 Å². The molecule has 202 valence electrons. The summed E-state index contributed by atoms with van der Waals surface area (Å²) in [6, 6.07) is 26.2. The minimum Gasteiger partial charge on any atom is -0.209 e. The fourth-order valence-corrected chi connectivity index (χ4v) is 13.2. The van der Waals surface area contributed by atoms with Crippen molar-refractivity contribution >= 4 is 141 Å². The number of hydrogen-bond acceptors (Lipinski definition) is 6. The summed E-state index contributed by atoms with van der Waals surface area (Å²) in [4.78, 5) is 2.98. The van der Waals surface area contributed by atoms with Crippen LogP contribution in [0.15, 0.2) is 95.2 Å². The molecule has 2 atom stereocenters. The van der Waals surface area contributed by atoms with Crippen LogP contribution in [0.5, 0.6) is 0 Å². The van der Waals surface area contributed by atoms with Crippen molar-refractivity contribution in [3.8, 4) is 0 Å². The molecule has 2 aliphatic heterocycles. The van der Waals surface area contributed by atoms with Gasteiger partial charge < -0.3 is 0 Å². The van der Waals surface area contributed by atoms with Crippen LogP contribution in [-0.4, -0.2) is 10.5 Å². The molecular formula is C34H16F2S6. The number of thioether (sulfide) groups is 2. The highest BCUT2D eigenvalue weighted by Crippen LogP contribution is 2.62. The maximum Gasteiger partial charge on any atom is 0.130 e. The van der Waals surface area contributed by atoms with E-state index >= 15 is 8.78 Å². The third kappa shape index (κ3) is 3.57. The predicted molar refractivity (Wildman–Crippen MR) is 188 cm³/mol. The Morgan fingerprint density at radius 2 is 0.833 bits per heavy atom. The van der Waals surface area contributed by atoms with Crippen LogP contribution < -0.4 is 0 Å². The summed E-state index contributed by atoms with van der Waals surface area (Å²) in [5, 5.41) is 12.7. The van der Waals surface area contributed by atoms with Crippen molar-refractivity contribution in [1.29, 1.82) is 0 Å². The standard InChI is InChI=1S/C34H16F2S6/c35-29-31(27-13-21-7-19-9-23-15(1-3-37-23)5-17(19)11-25(21)39-27)41-34-30(36)32(42-33(29)34)28-14-22-8-20-10-24-16(2-4-38-24)6-18(20)12-26(22)40-28/h1-14,33-34H. The van der Waals surface area contributed by atoms with E-state index in [4.69, 9.17) is 0 Å². The van der Waals surface area contributed by atoms with Crippen LogP contribution >= 0.6 is 68.9 Å². The van der Waals surface area contributed by atoms with Gasteiger partial charge in [0.15, 0.2) is 0 Å².